The molecule has 2 aromatic carbocycles. The zero-order valence-electron chi connectivity index (χ0n) is 14.2. The summed E-state index contributed by atoms with van der Waals surface area (Å²) in [6.45, 7) is 3.74. The maximum absolute atomic E-state index is 13.0. The van der Waals surface area contributed by atoms with E-state index in [-0.39, 0.29) is 11.9 Å². The van der Waals surface area contributed by atoms with E-state index in [1.807, 2.05) is 32.0 Å². The van der Waals surface area contributed by atoms with Crippen LogP contribution in [0.5, 0.6) is 0 Å². The quantitative estimate of drug-likeness (QED) is 0.645. The highest BCUT2D eigenvalue weighted by atomic mass is 35.5. The molecule has 4 nitrogen and oxygen atoms in total. The zero-order valence-corrected chi connectivity index (χ0v) is 16.5. The van der Waals surface area contributed by atoms with Gasteiger partial charge in [-0.15, -0.1) is 0 Å². The summed E-state index contributed by atoms with van der Waals surface area (Å²) in [6, 6.07) is 12.3. The highest BCUT2D eigenvalue weighted by Crippen LogP contribution is 2.29. The average Bonchev–Trinajstić information content (AvgIpc) is 2.58. The molecular formula is C19H17Cl2N3OS. The monoisotopic (exact) mass is 405 g/mol. The molecule has 134 valence electrons. The van der Waals surface area contributed by atoms with Crippen molar-refractivity contribution in [2.45, 2.75) is 19.9 Å². The van der Waals surface area contributed by atoms with E-state index in [0.717, 1.165) is 11.1 Å². The van der Waals surface area contributed by atoms with E-state index in [0.29, 0.717) is 32.1 Å². The molecule has 0 fully saturated rings. The molecule has 1 aliphatic heterocycles. The Labute approximate surface area is 167 Å². The number of aryl methyl sites for hydroxylation is 1. The Bertz CT molecular complexity index is 910. The van der Waals surface area contributed by atoms with Crippen molar-refractivity contribution in [1.29, 1.82) is 0 Å². The molecule has 0 aliphatic carbocycles. The van der Waals surface area contributed by atoms with Gasteiger partial charge in [-0.25, -0.2) is 0 Å². The van der Waals surface area contributed by atoms with Crippen LogP contribution in [0, 0.1) is 6.92 Å². The van der Waals surface area contributed by atoms with Gasteiger partial charge in [0.2, 0.25) is 0 Å². The molecule has 0 saturated heterocycles. The van der Waals surface area contributed by atoms with Crippen LogP contribution in [-0.2, 0) is 4.79 Å². The van der Waals surface area contributed by atoms with Crippen LogP contribution in [0.2, 0.25) is 10.0 Å². The van der Waals surface area contributed by atoms with Crippen LogP contribution in [0.1, 0.15) is 24.1 Å². The molecule has 3 N–H and O–H groups in total. The van der Waals surface area contributed by atoms with Gasteiger partial charge >= 0.3 is 0 Å². The topological polar surface area (TPSA) is 53.2 Å². The Hall–Kier alpha value is -2.08. The van der Waals surface area contributed by atoms with E-state index < -0.39 is 0 Å². The molecule has 1 atom stereocenters. The predicted octanol–water partition coefficient (Wildman–Crippen LogP) is 4.73. The van der Waals surface area contributed by atoms with E-state index in [2.05, 4.69) is 16.0 Å². The third-order valence-electron chi connectivity index (χ3n) is 4.16. The van der Waals surface area contributed by atoms with Crippen molar-refractivity contribution in [1.82, 2.24) is 10.6 Å². The van der Waals surface area contributed by atoms with Crippen molar-refractivity contribution >= 4 is 52.1 Å². The SMILES string of the molecule is CC1=C(C(=O)Nc2cc(Cl)ccc2C)[C@H](c2ccc(Cl)cc2)NC(=S)N1. The first-order chi connectivity index (χ1) is 12.3. The van der Waals surface area contributed by atoms with Crippen molar-refractivity contribution in [2.24, 2.45) is 0 Å². The number of hydrogen-bond acceptors (Lipinski definition) is 2. The standard InChI is InChI=1S/C19H17Cl2N3OS/c1-10-3-6-14(21)9-15(10)23-18(25)16-11(2)22-19(26)24-17(16)12-4-7-13(20)8-5-12/h3-9,17H,1-2H3,(H,23,25)(H2,22,24,26)/t17-/m0/s1. The van der Waals surface area contributed by atoms with Gasteiger partial charge in [0.05, 0.1) is 11.6 Å². The van der Waals surface area contributed by atoms with Gasteiger partial charge in [0.15, 0.2) is 5.11 Å². The number of benzene rings is 2. The Morgan fingerprint density at radius 2 is 1.73 bits per heavy atom. The van der Waals surface area contributed by atoms with Crippen molar-refractivity contribution in [3.8, 4) is 0 Å². The second-order valence-electron chi connectivity index (χ2n) is 6.04. The first-order valence-electron chi connectivity index (χ1n) is 7.96. The third kappa shape index (κ3) is 4.01. The van der Waals surface area contributed by atoms with Gasteiger partial charge in [0.1, 0.15) is 0 Å². The Balaban J connectivity index is 1.96. The minimum absolute atomic E-state index is 0.227. The number of nitrogens with one attached hydrogen (secondary N) is 3. The molecule has 0 bridgehead atoms. The normalized spacial score (nSPS) is 16.8. The fourth-order valence-corrected chi connectivity index (χ4v) is 3.39. The van der Waals surface area contributed by atoms with Gasteiger partial charge in [-0.2, -0.15) is 0 Å². The number of thiocarbonyl (C=S) groups is 1. The lowest BCUT2D eigenvalue weighted by molar-refractivity contribution is -0.113. The molecule has 0 aromatic heterocycles. The fraction of sp³-hybridized carbons (Fsp3) is 0.158. The molecule has 26 heavy (non-hydrogen) atoms. The first-order valence-corrected chi connectivity index (χ1v) is 9.13. The van der Waals surface area contributed by atoms with Crippen LogP contribution >= 0.6 is 35.4 Å². The molecule has 3 rings (SSSR count). The van der Waals surface area contributed by atoms with Crippen LogP contribution in [0.4, 0.5) is 5.69 Å². The van der Waals surface area contributed by atoms with Crippen molar-refractivity contribution < 1.29 is 4.79 Å². The van der Waals surface area contributed by atoms with E-state index in [1.54, 1.807) is 24.3 Å². The van der Waals surface area contributed by atoms with E-state index in [1.165, 1.54) is 0 Å². The fourth-order valence-electron chi connectivity index (χ4n) is 2.82. The lowest BCUT2D eigenvalue weighted by Crippen LogP contribution is -2.45. The van der Waals surface area contributed by atoms with Crippen LogP contribution in [0.25, 0.3) is 0 Å². The second kappa shape index (κ2) is 7.66. The lowest BCUT2D eigenvalue weighted by Gasteiger charge is -2.30. The maximum Gasteiger partial charge on any atom is 0.255 e. The number of carbonyl (C=O) groups is 1. The third-order valence-corrected chi connectivity index (χ3v) is 4.87. The van der Waals surface area contributed by atoms with E-state index >= 15 is 0 Å². The molecular weight excluding hydrogens is 389 g/mol. The molecule has 7 heteroatoms. The minimum atomic E-state index is -0.375. The smallest absolute Gasteiger partial charge is 0.255 e. The first kappa shape index (κ1) is 18.7. The highest BCUT2D eigenvalue weighted by Gasteiger charge is 2.30. The van der Waals surface area contributed by atoms with Crippen LogP contribution in [0.3, 0.4) is 0 Å². The summed E-state index contributed by atoms with van der Waals surface area (Å²) in [7, 11) is 0. The summed E-state index contributed by atoms with van der Waals surface area (Å²) in [5.74, 6) is -0.227. The number of carbonyl (C=O) groups excluding carboxylic acids is 1. The Morgan fingerprint density at radius 3 is 2.42 bits per heavy atom. The number of amides is 1. The van der Waals surface area contributed by atoms with Gasteiger partial charge in [0, 0.05) is 21.4 Å². The summed E-state index contributed by atoms with van der Waals surface area (Å²) in [6.07, 6.45) is 0. The molecule has 2 aromatic rings. The molecule has 0 spiro atoms. The summed E-state index contributed by atoms with van der Waals surface area (Å²) >= 11 is 17.3. The Kier molecular flexibility index (Phi) is 5.51. The van der Waals surface area contributed by atoms with Gasteiger partial charge < -0.3 is 16.0 Å². The number of anilines is 1. The number of halogens is 2. The lowest BCUT2D eigenvalue weighted by atomic mass is 9.95. The number of hydrogen-bond donors (Lipinski definition) is 3. The predicted molar refractivity (Wildman–Crippen MR) is 111 cm³/mol. The number of allylic oxidation sites excluding steroid dienone is 1. The van der Waals surface area contributed by atoms with E-state index in [9.17, 15) is 4.79 Å². The van der Waals surface area contributed by atoms with Crippen molar-refractivity contribution in [3.63, 3.8) is 0 Å². The molecule has 0 unspecified atom stereocenters. The summed E-state index contributed by atoms with van der Waals surface area (Å²) < 4.78 is 0. The van der Waals surface area contributed by atoms with Gasteiger partial charge in [-0.3, -0.25) is 4.79 Å². The molecule has 0 saturated carbocycles. The Morgan fingerprint density at radius 1 is 1.08 bits per heavy atom. The summed E-state index contributed by atoms with van der Waals surface area (Å²) in [5.41, 5.74) is 3.75. The van der Waals surface area contributed by atoms with Gasteiger partial charge in [-0.1, -0.05) is 41.4 Å². The van der Waals surface area contributed by atoms with Crippen LogP contribution in [0.15, 0.2) is 53.7 Å². The van der Waals surface area contributed by atoms with Crippen LogP contribution in [-0.4, -0.2) is 11.0 Å². The van der Waals surface area contributed by atoms with Crippen LogP contribution < -0.4 is 16.0 Å². The summed E-state index contributed by atoms with van der Waals surface area (Å²) in [5, 5.41) is 10.8. The zero-order chi connectivity index (χ0) is 18.8. The van der Waals surface area contributed by atoms with Gasteiger partial charge in [0.25, 0.3) is 5.91 Å². The largest absolute Gasteiger partial charge is 0.351 e. The summed E-state index contributed by atoms with van der Waals surface area (Å²) in [4.78, 5) is 13.0. The van der Waals surface area contributed by atoms with Crippen molar-refractivity contribution in [3.05, 3.63) is 74.9 Å². The molecule has 1 heterocycles. The average molecular weight is 406 g/mol. The minimum Gasteiger partial charge on any atom is -0.351 e. The maximum atomic E-state index is 13.0. The van der Waals surface area contributed by atoms with Gasteiger partial charge in [-0.05, 0) is 61.5 Å². The second-order valence-corrected chi connectivity index (χ2v) is 7.32. The van der Waals surface area contributed by atoms with Crippen molar-refractivity contribution in [2.75, 3.05) is 5.32 Å². The molecule has 1 amide bonds. The molecule has 1 aliphatic rings. The highest BCUT2D eigenvalue weighted by molar-refractivity contribution is 7.80. The molecule has 0 radical (unpaired) electrons. The number of rotatable bonds is 3. The van der Waals surface area contributed by atoms with E-state index in [4.69, 9.17) is 35.4 Å².